The Hall–Kier alpha value is -1.13. The molecule has 19 heavy (non-hydrogen) atoms. The molecule has 2 aromatic rings. The van der Waals surface area contributed by atoms with Crippen molar-refractivity contribution in [1.29, 1.82) is 0 Å². The lowest BCUT2D eigenvalue weighted by molar-refractivity contribution is 0.395. The van der Waals surface area contributed by atoms with Gasteiger partial charge < -0.3 is 13.9 Å². The molecule has 5 heteroatoms. The van der Waals surface area contributed by atoms with Crippen LogP contribution >= 0.6 is 27.5 Å². The highest BCUT2D eigenvalue weighted by Gasteiger charge is 2.22. The van der Waals surface area contributed by atoms with Crippen molar-refractivity contribution in [3.8, 4) is 11.5 Å². The summed E-state index contributed by atoms with van der Waals surface area (Å²) in [7, 11) is 3.22. The van der Waals surface area contributed by atoms with Crippen LogP contribution in [0.1, 0.15) is 22.3 Å². The van der Waals surface area contributed by atoms with Crippen LogP contribution in [0.15, 0.2) is 33.4 Å². The number of alkyl halides is 1. The first kappa shape index (κ1) is 14.3. The van der Waals surface area contributed by atoms with Gasteiger partial charge in [0.2, 0.25) is 0 Å². The predicted octanol–water partition coefficient (Wildman–Crippen LogP) is 4.70. The van der Waals surface area contributed by atoms with Crippen LogP contribution in [0.5, 0.6) is 11.5 Å². The van der Waals surface area contributed by atoms with Gasteiger partial charge in [0.1, 0.15) is 22.6 Å². The maximum absolute atomic E-state index is 6.50. The Morgan fingerprint density at radius 2 is 1.89 bits per heavy atom. The summed E-state index contributed by atoms with van der Waals surface area (Å²) in [6.45, 7) is 1.96. The van der Waals surface area contributed by atoms with Crippen LogP contribution in [0.2, 0.25) is 0 Å². The summed E-state index contributed by atoms with van der Waals surface area (Å²) >= 11 is 9.92. The van der Waals surface area contributed by atoms with E-state index in [0.29, 0.717) is 17.3 Å². The summed E-state index contributed by atoms with van der Waals surface area (Å²) in [6, 6.07) is 5.57. The van der Waals surface area contributed by atoms with Gasteiger partial charge in [-0.3, -0.25) is 0 Å². The number of hydrogen-bond donors (Lipinski definition) is 0. The molecule has 1 heterocycles. The monoisotopic (exact) mass is 344 g/mol. The average Bonchev–Trinajstić information content (AvgIpc) is 2.83. The summed E-state index contributed by atoms with van der Waals surface area (Å²) in [6.07, 6.45) is 1.63. The zero-order chi connectivity index (χ0) is 14.0. The van der Waals surface area contributed by atoms with Gasteiger partial charge in [-0.2, -0.15) is 0 Å². The molecule has 0 aliphatic carbocycles. The number of methoxy groups -OCH3 is 2. The Labute approximate surface area is 125 Å². The second kappa shape index (κ2) is 5.88. The SMILES string of the molecule is COc1cc(C(Cl)c2occc2C)c(OC)cc1Br. The van der Waals surface area contributed by atoms with Crippen molar-refractivity contribution < 1.29 is 13.9 Å². The number of halogens is 2. The van der Waals surface area contributed by atoms with Gasteiger partial charge in [-0.25, -0.2) is 0 Å². The third kappa shape index (κ3) is 2.74. The number of benzene rings is 1. The molecule has 0 radical (unpaired) electrons. The van der Waals surface area contributed by atoms with Crippen LogP contribution in [0.25, 0.3) is 0 Å². The van der Waals surface area contributed by atoms with Crippen molar-refractivity contribution in [2.45, 2.75) is 12.3 Å². The zero-order valence-corrected chi connectivity index (χ0v) is 13.2. The molecular formula is C14H14BrClO3. The Morgan fingerprint density at radius 1 is 1.21 bits per heavy atom. The Balaban J connectivity index is 2.51. The molecule has 1 aromatic heterocycles. The first-order valence-corrected chi connectivity index (χ1v) is 6.91. The van der Waals surface area contributed by atoms with E-state index in [2.05, 4.69) is 15.9 Å². The fourth-order valence-corrected chi connectivity index (χ4v) is 2.75. The van der Waals surface area contributed by atoms with Crippen molar-refractivity contribution in [3.05, 3.63) is 45.8 Å². The molecule has 0 spiro atoms. The van der Waals surface area contributed by atoms with Crippen LogP contribution in [-0.2, 0) is 0 Å². The van der Waals surface area contributed by atoms with Crippen molar-refractivity contribution in [2.75, 3.05) is 14.2 Å². The third-order valence-electron chi connectivity index (χ3n) is 2.91. The predicted molar refractivity (Wildman–Crippen MR) is 78.4 cm³/mol. The first-order valence-electron chi connectivity index (χ1n) is 5.68. The summed E-state index contributed by atoms with van der Waals surface area (Å²) in [5.41, 5.74) is 1.81. The zero-order valence-electron chi connectivity index (χ0n) is 10.9. The Morgan fingerprint density at radius 3 is 2.42 bits per heavy atom. The van der Waals surface area contributed by atoms with E-state index in [-0.39, 0.29) is 0 Å². The fraction of sp³-hybridized carbons (Fsp3) is 0.286. The normalized spacial score (nSPS) is 12.3. The van der Waals surface area contributed by atoms with E-state index in [0.717, 1.165) is 15.6 Å². The average molecular weight is 346 g/mol. The standard InChI is InChI=1S/C14H14BrClO3/c1-8-4-5-19-14(8)13(16)9-6-12(18-3)10(15)7-11(9)17-2/h4-7,13H,1-3H3. The van der Waals surface area contributed by atoms with Gasteiger partial charge in [0.05, 0.1) is 25.0 Å². The van der Waals surface area contributed by atoms with Crippen molar-refractivity contribution >= 4 is 27.5 Å². The van der Waals surface area contributed by atoms with E-state index >= 15 is 0 Å². The van der Waals surface area contributed by atoms with Gasteiger partial charge in [-0.05, 0) is 46.6 Å². The van der Waals surface area contributed by atoms with E-state index in [9.17, 15) is 0 Å². The molecule has 102 valence electrons. The molecule has 0 amide bonds. The van der Waals surface area contributed by atoms with Crippen molar-refractivity contribution in [3.63, 3.8) is 0 Å². The van der Waals surface area contributed by atoms with Crippen LogP contribution in [0, 0.1) is 6.92 Å². The summed E-state index contributed by atoms with van der Waals surface area (Å²) in [5.74, 6) is 2.10. The van der Waals surface area contributed by atoms with Crippen LogP contribution in [0.3, 0.4) is 0 Å². The van der Waals surface area contributed by atoms with Gasteiger partial charge in [0.15, 0.2) is 0 Å². The molecule has 1 unspecified atom stereocenters. The van der Waals surface area contributed by atoms with Crippen LogP contribution in [0.4, 0.5) is 0 Å². The first-order chi connectivity index (χ1) is 9.08. The number of aryl methyl sites for hydroxylation is 1. The van der Waals surface area contributed by atoms with Crippen molar-refractivity contribution in [2.24, 2.45) is 0 Å². The van der Waals surface area contributed by atoms with Crippen molar-refractivity contribution in [1.82, 2.24) is 0 Å². The molecule has 0 aliphatic rings. The second-order valence-electron chi connectivity index (χ2n) is 4.06. The second-order valence-corrected chi connectivity index (χ2v) is 5.35. The molecular weight excluding hydrogens is 332 g/mol. The van der Waals surface area contributed by atoms with E-state index < -0.39 is 5.38 Å². The Kier molecular flexibility index (Phi) is 4.42. The van der Waals surface area contributed by atoms with Crippen LogP contribution in [-0.4, -0.2) is 14.2 Å². The van der Waals surface area contributed by atoms with Gasteiger partial charge in [0, 0.05) is 5.56 Å². The Bertz CT molecular complexity index is 580. The molecule has 1 aromatic carbocycles. The number of hydrogen-bond acceptors (Lipinski definition) is 3. The molecule has 0 N–H and O–H groups in total. The van der Waals surface area contributed by atoms with Crippen LogP contribution < -0.4 is 9.47 Å². The minimum Gasteiger partial charge on any atom is -0.496 e. The maximum atomic E-state index is 6.50. The summed E-state index contributed by atoms with van der Waals surface area (Å²) < 4.78 is 16.9. The lowest BCUT2D eigenvalue weighted by Crippen LogP contribution is -1.99. The highest BCUT2D eigenvalue weighted by molar-refractivity contribution is 9.10. The largest absolute Gasteiger partial charge is 0.496 e. The summed E-state index contributed by atoms with van der Waals surface area (Å²) in [5, 5.41) is -0.424. The van der Waals surface area contributed by atoms with E-state index in [1.165, 1.54) is 0 Å². The van der Waals surface area contributed by atoms with Gasteiger partial charge in [-0.15, -0.1) is 11.6 Å². The third-order valence-corrected chi connectivity index (χ3v) is 3.96. The smallest absolute Gasteiger partial charge is 0.133 e. The topological polar surface area (TPSA) is 31.6 Å². The minimum atomic E-state index is -0.424. The molecule has 0 bridgehead atoms. The highest BCUT2D eigenvalue weighted by atomic mass is 79.9. The molecule has 0 fully saturated rings. The summed E-state index contributed by atoms with van der Waals surface area (Å²) in [4.78, 5) is 0. The lowest BCUT2D eigenvalue weighted by Gasteiger charge is -2.15. The minimum absolute atomic E-state index is 0.424. The molecule has 0 saturated heterocycles. The number of ether oxygens (including phenoxy) is 2. The van der Waals surface area contributed by atoms with E-state index in [1.807, 2.05) is 25.1 Å². The van der Waals surface area contributed by atoms with Gasteiger partial charge in [-0.1, -0.05) is 0 Å². The molecule has 1 atom stereocenters. The van der Waals surface area contributed by atoms with Gasteiger partial charge >= 0.3 is 0 Å². The van der Waals surface area contributed by atoms with E-state index in [4.69, 9.17) is 25.5 Å². The molecule has 3 nitrogen and oxygen atoms in total. The molecule has 0 saturated carbocycles. The number of rotatable bonds is 4. The maximum Gasteiger partial charge on any atom is 0.133 e. The van der Waals surface area contributed by atoms with E-state index in [1.54, 1.807) is 20.5 Å². The number of furan rings is 1. The van der Waals surface area contributed by atoms with Gasteiger partial charge in [0.25, 0.3) is 0 Å². The fourth-order valence-electron chi connectivity index (χ4n) is 1.87. The molecule has 2 rings (SSSR count). The highest BCUT2D eigenvalue weighted by Crippen LogP contribution is 2.41. The lowest BCUT2D eigenvalue weighted by atomic mass is 10.1. The quantitative estimate of drug-likeness (QED) is 0.753. The molecule has 0 aliphatic heterocycles.